The topological polar surface area (TPSA) is 92.7 Å². The number of cyclic esters (lactones) is 1. The van der Waals surface area contributed by atoms with Crippen LogP contribution < -0.4 is 9.47 Å². The molecule has 2 aliphatic heterocycles. The number of carbonyl (C=O) groups excluding carboxylic acids is 1. The molecule has 2 heterocycles. The van der Waals surface area contributed by atoms with Crippen molar-refractivity contribution in [1.29, 1.82) is 0 Å². The summed E-state index contributed by atoms with van der Waals surface area (Å²) in [6.45, 7) is 4.27. The fourth-order valence-corrected chi connectivity index (χ4v) is 3.99. The number of hydrogen-bond donors (Lipinski definition) is 1. The van der Waals surface area contributed by atoms with Crippen molar-refractivity contribution < 1.29 is 42.7 Å². The van der Waals surface area contributed by atoms with Crippen molar-refractivity contribution in [3.05, 3.63) is 41.5 Å². The number of hydrogen-bond acceptors (Lipinski definition) is 8. The molecule has 0 radical (unpaired) electrons. The third-order valence-electron chi connectivity index (χ3n) is 5.73. The Morgan fingerprint density at radius 1 is 1.21 bits per heavy atom. The summed E-state index contributed by atoms with van der Waals surface area (Å²) >= 11 is 0. The number of methoxy groups -OCH3 is 2. The van der Waals surface area contributed by atoms with Gasteiger partial charge < -0.3 is 33.5 Å². The molecule has 1 aromatic carbocycles. The second-order valence-corrected chi connectivity index (χ2v) is 8.72. The van der Waals surface area contributed by atoms with Crippen LogP contribution in [0.15, 0.2) is 30.4 Å². The van der Waals surface area contributed by atoms with Gasteiger partial charge in [0.1, 0.15) is 35.4 Å². The van der Waals surface area contributed by atoms with E-state index in [1.165, 1.54) is 26.4 Å². The van der Waals surface area contributed by atoms with E-state index in [0.29, 0.717) is 17.7 Å². The molecular weight excluding hydrogens is 447 g/mol. The first kappa shape index (κ1) is 26.2. The Morgan fingerprint density at radius 3 is 2.65 bits per heavy atom. The molecule has 3 rings (SSSR count). The summed E-state index contributed by atoms with van der Waals surface area (Å²) in [6, 6.07) is 3.24. The highest BCUT2D eigenvalue weighted by Crippen LogP contribution is 2.35. The normalized spacial score (nSPS) is 30.9. The summed E-state index contributed by atoms with van der Waals surface area (Å²) in [6.07, 6.45) is 3.98. The van der Waals surface area contributed by atoms with E-state index in [-0.39, 0.29) is 18.1 Å². The molecule has 0 aliphatic carbocycles. The zero-order valence-corrected chi connectivity index (χ0v) is 20.2. The van der Waals surface area contributed by atoms with Crippen molar-refractivity contribution in [2.24, 2.45) is 5.92 Å². The number of fused-ring (bicyclic) bond motifs is 2. The molecule has 0 bridgehead atoms. The Labute approximate surface area is 199 Å². The quantitative estimate of drug-likeness (QED) is 0.388. The molecule has 5 atom stereocenters. The highest BCUT2D eigenvalue weighted by Gasteiger charge is 2.43. The summed E-state index contributed by atoms with van der Waals surface area (Å²) in [5, 5.41) is 10.7. The first-order chi connectivity index (χ1) is 16.2. The van der Waals surface area contributed by atoms with Crippen LogP contribution in [0.5, 0.6) is 11.5 Å². The Hall–Kier alpha value is -2.46. The molecule has 9 heteroatoms. The predicted octanol–water partition coefficient (Wildman–Crippen LogP) is 3.66. The van der Waals surface area contributed by atoms with Gasteiger partial charge in [0.25, 0.3) is 0 Å². The minimum atomic E-state index is -1.03. The molecule has 0 saturated carbocycles. The van der Waals surface area contributed by atoms with Gasteiger partial charge in [-0.2, -0.15) is 0 Å². The number of carbonyl (C=O) groups is 1. The molecule has 1 saturated heterocycles. The number of benzene rings is 1. The van der Waals surface area contributed by atoms with Crippen molar-refractivity contribution in [3.63, 3.8) is 0 Å². The van der Waals surface area contributed by atoms with Gasteiger partial charge in [0.05, 0.1) is 19.9 Å². The lowest BCUT2D eigenvalue weighted by Crippen LogP contribution is -2.34. The zero-order valence-electron chi connectivity index (χ0n) is 20.2. The van der Waals surface area contributed by atoms with Gasteiger partial charge in [-0.25, -0.2) is 4.79 Å². The zero-order chi connectivity index (χ0) is 24.9. The lowest BCUT2D eigenvalue weighted by atomic mass is 9.98. The SMILES string of the molecule is COCOc1cc(OC)cc2c1C(=O)OC(C)C(CF)/C=C\C(O)C1OC(C)(C)OC1C/C=C/2. The average Bonchev–Trinajstić information content (AvgIpc) is 3.11. The maximum Gasteiger partial charge on any atom is 0.342 e. The largest absolute Gasteiger partial charge is 0.497 e. The fourth-order valence-electron chi connectivity index (χ4n) is 3.99. The lowest BCUT2D eigenvalue weighted by Gasteiger charge is -2.23. The van der Waals surface area contributed by atoms with Gasteiger partial charge >= 0.3 is 5.97 Å². The maximum atomic E-state index is 13.8. The van der Waals surface area contributed by atoms with Crippen molar-refractivity contribution in [2.75, 3.05) is 27.7 Å². The van der Waals surface area contributed by atoms with E-state index in [1.807, 2.05) is 6.08 Å². The van der Waals surface area contributed by atoms with Gasteiger partial charge in [0, 0.05) is 19.1 Å². The molecular formula is C25H33FO8. The molecule has 1 N–H and O–H groups in total. The van der Waals surface area contributed by atoms with E-state index < -0.39 is 48.8 Å². The molecule has 0 spiro atoms. The number of aliphatic hydroxyl groups excluding tert-OH is 1. The number of alkyl halides is 1. The van der Waals surface area contributed by atoms with E-state index in [1.54, 1.807) is 39.0 Å². The van der Waals surface area contributed by atoms with Crippen LogP contribution in [0.25, 0.3) is 6.08 Å². The average molecular weight is 481 g/mol. The van der Waals surface area contributed by atoms with Crippen LogP contribution in [-0.4, -0.2) is 69.0 Å². The summed E-state index contributed by atoms with van der Waals surface area (Å²) in [4.78, 5) is 13.2. The highest BCUT2D eigenvalue weighted by molar-refractivity contribution is 5.97. The fraction of sp³-hybridized carbons (Fsp3) is 0.560. The van der Waals surface area contributed by atoms with E-state index in [0.717, 1.165) is 0 Å². The molecule has 34 heavy (non-hydrogen) atoms. The Morgan fingerprint density at radius 2 is 1.97 bits per heavy atom. The lowest BCUT2D eigenvalue weighted by molar-refractivity contribution is -0.152. The van der Waals surface area contributed by atoms with E-state index in [2.05, 4.69) is 0 Å². The molecule has 1 fully saturated rings. The molecule has 0 aromatic heterocycles. The van der Waals surface area contributed by atoms with Gasteiger partial charge in [-0.1, -0.05) is 24.3 Å². The van der Waals surface area contributed by atoms with Crippen molar-refractivity contribution >= 4 is 12.0 Å². The standard InChI is InChI=1S/C25H33FO8/c1-15-17(13-26)9-10-19(27)23-20(33-25(2,3)34-23)8-6-7-16-11-18(30-5)12-21(31-14-29-4)22(16)24(28)32-15/h6-7,9-12,15,17,19-20,23,27H,8,13-14H2,1-5H3/b7-6+,10-9-. The molecule has 2 aliphatic rings. The first-order valence-corrected chi connectivity index (χ1v) is 11.2. The smallest absolute Gasteiger partial charge is 0.342 e. The number of rotatable bonds is 5. The van der Waals surface area contributed by atoms with Gasteiger partial charge in [-0.05, 0) is 38.8 Å². The minimum Gasteiger partial charge on any atom is -0.497 e. The number of halogens is 1. The molecule has 8 nitrogen and oxygen atoms in total. The van der Waals surface area contributed by atoms with Gasteiger partial charge in [0.2, 0.25) is 0 Å². The van der Waals surface area contributed by atoms with Gasteiger partial charge in [-0.15, -0.1) is 0 Å². The highest BCUT2D eigenvalue weighted by atomic mass is 19.1. The van der Waals surface area contributed by atoms with Crippen LogP contribution in [0.1, 0.15) is 43.1 Å². The van der Waals surface area contributed by atoms with Crippen LogP contribution >= 0.6 is 0 Å². The third-order valence-corrected chi connectivity index (χ3v) is 5.73. The van der Waals surface area contributed by atoms with Crippen molar-refractivity contribution in [3.8, 4) is 11.5 Å². The van der Waals surface area contributed by atoms with Gasteiger partial charge in [0.15, 0.2) is 12.6 Å². The Bertz CT molecular complexity index is 912. The molecule has 0 amide bonds. The second-order valence-electron chi connectivity index (χ2n) is 8.72. The number of aliphatic hydroxyl groups is 1. The number of esters is 1. The van der Waals surface area contributed by atoms with E-state index in [4.69, 9.17) is 28.4 Å². The van der Waals surface area contributed by atoms with Crippen LogP contribution in [0.3, 0.4) is 0 Å². The van der Waals surface area contributed by atoms with E-state index in [9.17, 15) is 14.3 Å². The summed E-state index contributed by atoms with van der Waals surface area (Å²) in [7, 11) is 2.97. The van der Waals surface area contributed by atoms with Crippen LogP contribution in [0, 0.1) is 5.92 Å². The second kappa shape index (κ2) is 11.3. The summed E-state index contributed by atoms with van der Waals surface area (Å²) in [5.74, 6) is -1.65. The monoisotopic (exact) mass is 480 g/mol. The van der Waals surface area contributed by atoms with Gasteiger partial charge in [-0.3, -0.25) is 4.39 Å². The maximum absolute atomic E-state index is 13.8. The molecule has 1 aromatic rings. The summed E-state index contributed by atoms with van der Waals surface area (Å²) in [5.41, 5.74) is 0.655. The van der Waals surface area contributed by atoms with Crippen molar-refractivity contribution in [2.45, 2.75) is 57.4 Å². The molecule has 5 unspecified atom stereocenters. The predicted molar refractivity (Wildman–Crippen MR) is 122 cm³/mol. The molecule has 188 valence electrons. The third kappa shape index (κ3) is 6.15. The Kier molecular flexibility index (Phi) is 8.70. The minimum absolute atomic E-state index is 0.0934. The first-order valence-electron chi connectivity index (χ1n) is 11.2. The van der Waals surface area contributed by atoms with Crippen LogP contribution in [-0.2, 0) is 18.9 Å². The van der Waals surface area contributed by atoms with E-state index >= 15 is 0 Å². The number of ether oxygens (including phenoxy) is 6. The summed E-state index contributed by atoms with van der Waals surface area (Å²) < 4.78 is 47.4. The van der Waals surface area contributed by atoms with Crippen LogP contribution in [0.4, 0.5) is 4.39 Å². The Balaban J connectivity index is 2.08. The van der Waals surface area contributed by atoms with Crippen molar-refractivity contribution in [1.82, 2.24) is 0 Å². The van der Waals surface area contributed by atoms with Crippen LogP contribution in [0.2, 0.25) is 0 Å².